The lowest BCUT2D eigenvalue weighted by atomic mass is 10.2. The highest BCUT2D eigenvalue weighted by molar-refractivity contribution is 9.10. The van der Waals surface area contributed by atoms with E-state index in [0.717, 1.165) is 28.8 Å². The molecular weight excluding hydrogens is 308 g/mol. The quantitative estimate of drug-likeness (QED) is 0.850. The molecule has 2 aromatic rings. The minimum Gasteiger partial charge on any atom is -0.397 e. The second kappa shape index (κ2) is 5.76. The first-order valence-corrected chi connectivity index (χ1v) is 7.55. The van der Waals surface area contributed by atoms with Gasteiger partial charge in [0.1, 0.15) is 0 Å². The van der Waals surface area contributed by atoms with Crippen molar-refractivity contribution in [2.75, 3.05) is 17.7 Å². The van der Waals surface area contributed by atoms with Gasteiger partial charge in [-0.1, -0.05) is 22.9 Å². The number of nitrogens with two attached hydrogens (primary N) is 1. The van der Waals surface area contributed by atoms with E-state index in [9.17, 15) is 0 Å². The fraction of sp³-hybridized carbons (Fsp3) is 0.286. The van der Waals surface area contributed by atoms with Gasteiger partial charge in [-0.15, -0.1) is 11.3 Å². The Hall–Kier alpha value is -1.000. The Labute approximate surface area is 121 Å². The van der Waals surface area contributed by atoms with Gasteiger partial charge in [0, 0.05) is 21.3 Å². The summed E-state index contributed by atoms with van der Waals surface area (Å²) < 4.78 is 1.02. The third kappa shape index (κ3) is 3.06. The van der Waals surface area contributed by atoms with E-state index in [-0.39, 0.29) is 0 Å². The van der Waals surface area contributed by atoms with Gasteiger partial charge in [-0.05, 0) is 36.8 Å². The molecule has 0 atom stereocenters. The predicted octanol–water partition coefficient (Wildman–Crippen LogP) is 4.29. The second-order valence-electron chi connectivity index (χ2n) is 4.28. The number of thiophene rings is 1. The molecule has 0 saturated carbocycles. The molecule has 2 nitrogen and oxygen atoms in total. The summed E-state index contributed by atoms with van der Waals surface area (Å²) in [7, 11) is 2.07. The molecule has 0 aliphatic heterocycles. The molecule has 1 heterocycles. The maximum absolute atomic E-state index is 6.04. The van der Waals surface area contributed by atoms with Gasteiger partial charge in [0.15, 0.2) is 0 Å². The Kier molecular flexibility index (Phi) is 4.30. The van der Waals surface area contributed by atoms with E-state index in [4.69, 9.17) is 5.73 Å². The molecule has 2 rings (SSSR count). The topological polar surface area (TPSA) is 29.3 Å². The number of halogens is 1. The Morgan fingerprint density at radius 3 is 2.56 bits per heavy atom. The number of hydrogen-bond donors (Lipinski definition) is 1. The third-order valence-electron chi connectivity index (χ3n) is 2.86. The Morgan fingerprint density at radius 1 is 1.22 bits per heavy atom. The number of anilines is 2. The summed E-state index contributed by atoms with van der Waals surface area (Å²) in [6.45, 7) is 3.09. The van der Waals surface area contributed by atoms with Crippen LogP contribution in [-0.2, 0) is 13.0 Å². The summed E-state index contributed by atoms with van der Waals surface area (Å²) in [4.78, 5) is 4.99. The van der Waals surface area contributed by atoms with Gasteiger partial charge in [0.05, 0.1) is 17.9 Å². The molecule has 4 heteroatoms. The molecule has 0 fully saturated rings. The predicted molar refractivity (Wildman–Crippen MR) is 84.4 cm³/mol. The van der Waals surface area contributed by atoms with E-state index in [1.54, 1.807) is 0 Å². The van der Waals surface area contributed by atoms with E-state index in [1.165, 1.54) is 9.75 Å². The average molecular weight is 325 g/mol. The highest BCUT2D eigenvalue weighted by atomic mass is 79.9. The lowest BCUT2D eigenvalue weighted by molar-refractivity contribution is 0.942. The maximum atomic E-state index is 6.04. The van der Waals surface area contributed by atoms with Crippen LogP contribution in [-0.4, -0.2) is 7.05 Å². The van der Waals surface area contributed by atoms with Gasteiger partial charge < -0.3 is 10.6 Å². The minimum absolute atomic E-state index is 0.805. The maximum Gasteiger partial charge on any atom is 0.0601 e. The summed E-state index contributed by atoms with van der Waals surface area (Å²) in [6, 6.07) is 10.4. The molecule has 0 amide bonds. The summed E-state index contributed by atoms with van der Waals surface area (Å²) in [5.74, 6) is 0. The van der Waals surface area contributed by atoms with Crippen LogP contribution in [0.25, 0.3) is 0 Å². The summed E-state index contributed by atoms with van der Waals surface area (Å²) >= 11 is 5.30. The Bertz CT molecular complexity index is 536. The number of hydrogen-bond acceptors (Lipinski definition) is 3. The molecule has 0 aliphatic carbocycles. The molecule has 96 valence electrons. The van der Waals surface area contributed by atoms with Gasteiger partial charge in [-0.2, -0.15) is 0 Å². The average Bonchev–Trinajstić information content (AvgIpc) is 2.76. The second-order valence-corrected chi connectivity index (χ2v) is 6.45. The number of aryl methyl sites for hydroxylation is 1. The SMILES string of the molecule is CCc1ccc(CN(C)c2ccc(Br)cc2N)s1. The van der Waals surface area contributed by atoms with Crippen molar-refractivity contribution in [2.24, 2.45) is 0 Å². The van der Waals surface area contributed by atoms with Gasteiger partial charge >= 0.3 is 0 Å². The van der Waals surface area contributed by atoms with Crippen LogP contribution in [0.3, 0.4) is 0 Å². The number of nitrogens with zero attached hydrogens (tertiary/aromatic N) is 1. The van der Waals surface area contributed by atoms with Crippen molar-refractivity contribution in [2.45, 2.75) is 19.9 Å². The van der Waals surface area contributed by atoms with Gasteiger partial charge in [-0.25, -0.2) is 0 Å². The zero-order valence-electron chi connectivity index (χ0n) is 10.6. The van der Waals surface area contributed by atoms with Crippen LogP contribution in [0.5, 0.6) is 0 Å². The molecule has 0 unspecified atom stereocenters. The molecular formula is C14H17BrN2S. The van der Waals surface area contributed by atoms with Crippen LogP contribution in [0.2, 0.25) is 0 Å². The summed E-state index contributed by atoms with van der Waals surface area (Å²) in [5, 5.41) is 0. The smallest absolute Gasteiger partial charge is 0.0601 e. The molecule has 0 aliphatic rings. The monoisotopic (exact) mass is 324 g/mol. The number of rotatable bonds is 4. The minimum atomic E-state index is 0.805. The van der Waals surface area contributed by atoms with Crippen LogP contribution in [0.1, 0.15) is 16.7 Å². The molecule has 1 aromatic heterocycles. The zero-order valence-corrected chi connectivity index (χ0v) is 13.0. The lowest BCUT2D eigenvalue weighted by Gasteiger charge is -2.20. The highest BCUT2D eigenvalue weighted by Gasteiger charge is 2.08. The molecule has 0 radical (unpaired) electrons. The van der Waals surface area contributed by atoms with Crippen LogP contribution in [0, 0.1) is 0 Å². The van der Waals surface area contributed by atoms with E-state index in [1.807, 2.05) is 29.5 Å². The first-order chi connectivity index (χ1) is 8.60. The molecule has 0 saturated heterocycles. The van der Waals surface area contributed by atoms with E-state index in [0.29, 0.717) is 0 Å². The fourth-order valence-electron chi connectivity index (χ4n) is 1.89. The first-order valence-electron chi connectivity index (χ1n) is 5.94. The van der Waals surface area contributed by atoms with Crippen molar-refractivity contribution >= 4 is 38.6 Å². The normalized spacial score (nSPS) is 10.6. The van der Waals surface area contributed by atoms with Gasteiger partial charge in [-0.3, -0.25) is 0 Å². The molecule has 0 bridgehead atoms. The molecule has 18 heavy (non-hydrogen) atoms. The fourth-order valence-corrected chi connectivity index (χ4v) is 3.28. The van der Waals surface area contributed by atoms with E-state index < -0.39 is 0 Å². The van der Waals surface area contributed by atoms with Crippen molar-refractivity contribution < 1.29 is 0 Å². The summed E-state index contributed by atoms with van der Waals surface area (Å²) in [6.07, 6.45) is 1.11. The van der Waals surface area contributed by atoms with Crippen molar-refractivity contribution in [3.8, 4) is 0 Å². The van der Waals surface area contributed by atoms with Crippen molar-refractivity contribution in [1.29, 1.82) is 0 Å². The van der Waals surface area contributed by atoms with Crippen LogP contribution >= 0.6 is 27.3 Å². The zero-order chi connectivity index (χ0) is 13.1. The highest BCUT2D eigenvalue weighted by Crippen LogP contribution is 2.28. The van der Waals surface area contributed by atoms with Crippen molar-refractivity contribution in [3.63, 3.8) is 0 Å². The van der Waals surface area contributed by atoms with E-state index in [2.05, 4.69) is 46.9 Å². The van der Waals surface area contributed by atoms with Crippen LogP contribution in [0.4, 0.5) is 11.4 Å². The number of benzene rings is 1. The van der Waals surface area contributed by atoms with Crippen molar-refractivity contribution in [3.05, 3.63) is 44.6 Å². The third-order valence-corrected chi connectivity index (χ3v) is 4.57. The molecule has 1 aromatic carbocycles. The van der Waals surface area contributed by atoms with Gasteiger partial charge in [0.2, 0.25) is 0 Å². The van der Waals surface area contributed by atoms with Crippen LogP contribution in [0.15, 0.2) is 34.8 Å². The van der Waals surface area contributed by atoms with Gasteiger partial charge in [0.25, 0.3) is 0 Å². The van der Waals surface area contributed by atoms with E-state index >= 15 is 0 Å². The first kappa shape index (κ1) is 13.4. The van der Waals surface area contributed by atoms with Crippen LogP contribution < -0.4 is 10.6 Å². The standard InChI is InChI=1S/C14H17BrN2S/c1-3-11-5-6-12(18-11)9-17(2)14-7-4-10(15)8-13(14)16/h4-8H,3,9,16H2,1-2H3. The number of nitrogen functional groups attached to an aromatic ring is 1. The lowest BCUT2D eigenvalue weighted by Crippen LogP contribution is -2.16. The van der Waals surface area contributed by atoms with Crippen molar-refractivity contribution in [1.82, 2.24) is 0 Å². The Balaban J connectivity index is 2.13. The summed E-state index contributed by atoms with van der Waals surface area (Å²) in [5.41, 5.74) is 7.92. The Morgan fingerprint density at radius 2 is 1.94 bits per heavy atom. The molecule has 0 spiro atoms. The molecule has 2 N–H and O–H groups in total. The largest absolute Gasteiger partial charge is 0.397 e.